The standard InChI is InChI=1S/C13H14N4O4S2/c1-3-11(19)14-12-15-16-13(22-12)23(20,21)17-10-6-4-5-9(7-10)8(2)18/h4-7,17H,3H2,1-2H3,(H,14,15,19). The lowest BCUT2D eigenvalue weighted by Crippen LogP contribution is -2.13. The molecule has 1 aromatic heterocycles. The fraction of sp³-hybridized carbons (Fsp3) is 0.231. The third-order valence-corrected chi connectivity index (χ3v) is 5.31. The maximum absolute atomic E-state index is 12.3. The summed E-state index contributed by atoms with van der Waals surface area (Å²) in [6.07, 6.45) is 0.248. The SMILES string of the molecule is CCC(=O)Nc1nnc(S(=O)(=O)Nc2cccc(C(C)=O)c2)s1. The minimum atomic E-state index is -3.95. The Hall–Kier alpha value is -2.33. The fourth-order valence-electron chi connectivity index (χ4n) is 1.58. The van der Waals surface area contributed by atoms with Crippen molar-refractivity contribution in [2.24, 2.45) is 0 Å². The number of nitrogens with one attached hydrogen (secondary N) is 2. The van der Waals surface area contributed by atoms with Crippen LogP contribution in [0.5, 0.6) is 0 Å². The summed E-state index contributed by atoms with van der Waals surface area (Å²) >= 11 is 0.742. The van der Waals surface area contributed by atoms with E-state index in [1.165, 1.54) is 19.1 Å². The van der Waals surface area contributed by atoms with Crippen molar-refractivity contribution in [2.45, 2.75) is 24.6 Å². The third-order valence-electron chi connectivity index (χ3n) is 2.73. The second kappa shape index (κ2) is 6.84. The maximum Gasteiger partial charge on any atom is 0.291 e. The van der Waals surface area contributed by atoms with Crippen LogP contribution in [0.3, 0.4) is 0 Å². The molecule has 0 saturated carbocycles. The van der Waals surface area contributed by atoms with Crippen molar-refractivity contribution < 1.29 is 18.0 Å². The van der Waals surface area contributed by atoms with E-state index in [-0.39, 0.29) is 33.3 Å². The van der Waals surface area contributed by atoms with Crippen LogP contribution in [-0.4, -0.2) is 30.3 Å². The summed E-state index contributed by atoms with van der Waals surface area (Å²) in [6.45, 7) is 3.05. The highest BCUT2D eigenvalue weighted by Crippen LogP contribution is 2.23. The number of hydrogen-bond acceptors (Lipinski definition) is 7. The van der Waals surface area contributed by atoms with Crippen LogP contribution in [-0.2, 0) is 14.8 Å². The van der Waals surface area contributed by atoms with Gasteiger partial charge in [-0.25, -0.2) is 0 Å². The minimum Gasteiger partial charge on any atom is -0.301 e. The Balaban J connectivity index is 2.20. The maximum atomic E-state index is 12.3. The van der Waals surface area contributed by atoms with Crippen molar-refractivity contribution in [2.75, 3.05) is 10.0 Å². The largest absolute Gasteiger partial charge is 0.301 e. The highest BCUT2D eigenvalue weighted by atomic mass is 32.2. The summed E-state index contributed by atoms with van der Waals surface area (Å²) in [5, 5.41) is 9.73. The Morgan fingerprint density at radius 2 is 2.00 bits per heavy atom. The van der Waals surface area contributed by atoms with Gasteiger partial charge in [0.05, 0.1) is 0 Å². The molecule has 0 radical (unpaired) electrons. The van der Waals surface area contributed by atoms with Gasteiger partial charge in [-0.2, -0.15) is 8.42 Å². The van der Waals surface area contributed by atoms with Crippen LogP contribution in [0.25, 0.3) is 0 Å². The van der Waals surface area contributed by atoms with E-state index in [0.717, 1.165) is 11.3 Å². The molecule has 0 saturated heterocycles. The van der Waals surface area contributed by atoms with Gasteiger partial charge in [0.1, 0.15) is 0 Å². The van der Waals surface area contributed by atoms with Gasteiger partial charge in [0, 0.05) is 17.7 Å². The van der Waals surface area contributed by atoms with Crippen molar-refractivity contribution in [1.29, 1.82) is 0 Å². The molecule has 1 amide bonds. The molecule has 8 nitrogen and oxygen atoms in total. The second-order valence-electron chi connectivity index (χ2n) is 4.52. The van der Waals surface area contributed by atoms with E-state index in [9.17, 15) is 18.0 Å². The number of Topliss-reactive ketones (excluding diaryl/α,β-unsaturated/α-hetero) is 1. The van der Waals surface area contributed by atoms with Crippen molar-refractivity contribution in [1.82, 2.24) is 10.2 Å². The van der Waals surface area contributed by atoms with Gasteiger partial charge in [0.2, 0.25) is 11.0 Å². The van der Waals surface area contributed by atoms with Crippen LogP contribution < -0.4 is 10.0 Å². The Labute approximate surface area is 137 Å². The molecule has 1 aromatic carbocycles. The number of rotatable bonds is 6. The minimum absolute atomic E-state index is 0.106. The first-order valence-electron chi connectivity index (χ1n) is 6.59. The molecule has 0 unspecified atom stereocenters. The van der Waals surface area contributed by atoms with Crippen LogP contribution in [0.2, 0.25) is 0 Å². The van der Waals surface area contributed by atoms with Crippen molar-refractivity contribution in [3.05, 3.63) is 29.8 Å². The fourth-order valence-corrected chi connectivity index (χ4v) is 3.54. The molecular weight excluding hydrogens is 340 g/mol. The summed E-state index contributed by atoms with van der Waals surface area (Å²) < 4.78 is 26.5. The Morgan fingerprint density at radius 3 is 2.65 bits per heavy atom. The first-order chi connectivity index (χ1) is 10.8. The quantitative estimate of drug-likeness (QED) is 0.604. The van der Waals surface area contributed by atoms with E-state index < -0.39 is 10.0 Å². The molecule has 0 bridgehead atoms. The van der Waals surface area contributed by atoms with Crippen LogP contribution >= 0.6 is 11.3 Å². The number of benzene rings is 1. The lowest BCUT2D eigenvalue weighted by molar-refractivity contribution is -0.115. The lowest BCUT2D eigenvalue weighted by Gasteiger charge is -2.06. The molecular formula is C13H14N4O4S2. The van der Waals surface area contributed by atoms with Gasteiger partial charge in [-0.3, -0.25) is 14.3 Å². The van der Waals surface area contributed by atoms with Gasteiger partial charge < -0.3 is 5.32 Å². The Morgan fingerprint density at radius 1 is 1.26 bits per heavy atom. The molecule has 1 heterocycles. The number of sulfonamides is 1. The smallest absolute Gasteiger partial charge is 0.291 e. The van der Waals surface area contributed by atoms with Crippen molar-refractivity contribution in [3.63, 3.8) is 0 Å². The second-order valence-corrected chi connectivity index (χ2v) is 7.35. The molecule has 2 aromatic rings. The summed E-state index contributed by atoms with van der Waals surface area (Å²) in [6, 6.07) is 6.11. The average molecular weight is 354 g/mol. The molecule has 10 heteroatoms. The first-order valence-corrected chi connectivity index (χ1v) is 8.89. The van der Waals surface area contributed by atoms with Crippen LogP contribution in [0, 0.1) is 0 Å². The van der Waals surface area contributed by atoms with Gasteiger partial charge in [0.25, 0.3) is 14.4 Å². The molecule has 0 aliphatic carbocycles. The topological polar surface area (TPSA) is 118 Å². The van der Waals surface area contributed by atoms with Gasteiger partial charge in [-0.15, -0.1) is 10.2 Å². The van der Waals surface area contributed by atoms with E-state index in [4.69, 9.17) is 0 Å². The first kappa shape index (κ1) is 17.0. The molecule has 0 aliphatic rings. The Kier molecular flexibility index (Phi) is 5.06. The molecule has 122 valence electrons. The van der Waals surface area contributed by atoms with E-state index >= 15 is 0 Å². The summed E-state index contributed by atoms with van der Waals surface area (Å²) in [4.78, 5) is 22.6. The summed E-state index contributed by atoms with van der Waals surface area (Å²) in [5.74, 6) is -0.459. The van der Waals surface area contributed by atoms with Crippen LogP contribution in [0.1, 0.15) is 30.6 Å². The number of hydrogen-bond donors (Lipinski definition) is 2. The zero-order valence-electron chi connectivity index (χ0n) is 12.4. The van der Waals surface area contributed by atoms with Crippen LogP contribution in [0.4, 0.5) is 10.8 Å². The molecule has 2 rings (SSSR count). The van der Waals surface area contributed by atoms with Crippen molar-refractivity contribution >= 4 is 43.9 Å². The third kappa shape index (κ3) is 4.33. The van der Waals surface area contributed by atoms with Gasteiger partial charge in [-0.05, 0) is 19.1 Å². The number of carbonyl (C=O) groups excluding carboxylic acids is 2. The van der Waals surface area contributed by atoms with E-state index in [1.54, 1.807) is 19.1 Å². The molecule has 0 fully saturated rings. The molecule has 23 heavy (non-hydrogen) atoms. The zero-order chi connectivity index (χ0) is 17.0. The normalized spacial score (nSPS) is 11.0. The van der Waals surface area contributed by atoms with E-state index in [0.29, 0.717) is 5.56 Å². The number of aromatic nitrogens is 2. The summed E-state index contributed by atoms with van der Waals surface area (Å²) in [5.41, 5.74) is 0.630. The van der Waals surface area contributed by atoms with E-state index in [1.807, 2.05) is 0 Å². The van der Waals surface area contributed by atoms with Crippen LogP contribution in [0.15, 0.2) is 28.6 Å². The number of anilines is 2. The number of amides is 1. The van der Waals surface area contributed by atoms with Gasteiger partial charge in [-0.1, -0.05) is 30.4 Å². The monoisotopic (exact) mass is 354 g/mol. The predicted molar refractivity (Wildman–Crippen MR) is 86.1 cm³/mol. The van der Waals surface area contributed by atoms with Gasteiger partial charge in [0.15, 0.2) is 5.78 Å². The number of carbonyl (C=O) groups is 2. The Bertz CT molecular complexity index is 845. The number of ketones is 1. The molecule has 0 aliphatic heterocycles. The van der Waals surface area contributed by atoms with Crippen molar-refractivity contribution in [3.8, 4) is 0 Å². The van der Waals surface area contributed by atoms with E-state index in [2.05, 4.69) is 20.2 Å². The van der Waals surface area contributed by atoms with Gasteiger partial charge >= 0.3 is 0 Å². The summed E-state index contributed by atoms with van der Waals surface area (Å²) in [7, 11) is -3.95. The highest BCUT2D eigenvalue weighted by molar-refractivity contribution is 7.94. The number of nitrogens with zero attached hydrogens (tertiary/aromatic N) is 2. The zero-order valence-corrected chi connectivity index (χ0v) is 14.0. The highest BCUT2D eigenvalue weighted by Gasteiger charge is 2.21. The average Bonchev–Trinajstić information content (AvgIpc) is 2.96. The lowest BCUT2D eigenvalue weighted by atomic mass is 10.1. The molecule has 0 atom stereocenters. The molecule has 2 N–H and O–H groups in total. The predicted octanol–water partition coefficient (Wildman–Crippen LogP) is 1.89. The molecule has 0 spiro atoms.